The molecule has 0 bridgehead atoms. The highest BCUT2D eigenvalue weighted by atomic mass is 32.1. The molecule has 2 aliphatic rings. The lowest BCUT2D eigenvalue weighted by molar-refractivity contribution is 0.0526. The average Bonchev–Trinajstić information content (AvgIpc) is 2.88. The van der Waals surface area contributed by atoms with Crippen molar-refractivity contribution in [3.8, 4) is 0 Å². The Morgan fingerprint density at radius 1 is 1.11 bits per heavy atom. The Hall–Kier alpha value is -2.60. The smallest absolute Gasteiger partial charge is 0.338 e. The van der Waals surface area contributed by atoms with Crippen LogP contribution in [-0.2, 0) is 17.7 Å². The van der Waals surface area contributed by atoms with Gasteiger partial charge >= 0.3 is 5.97 Å². The number of carbonyl (C=O) groups excluding carboxylic acids is 1. The third kappa shape index (κ3) is 6.39. The lowest BCUT2D eigenvalue weighted by Gasteiger charge is -2.40. The first-order chi connectivity index (χ1) is 17.5. The number of esters is 1. The summed E-state index contributed by atoms with van der Waals surface area (Å²) in [7, 11) is 0. The Morgan fingerprint density at radius 3 is 2.61 bits per heavy atom. The van der Waals surface area contributed by atoms with E-state index in [1.165, 1.54) is 55.3 Å². The van der Waals surface area contributed by atoms with Gasteiger partial charge < -0.3 is 19.9 Å². The highest BCUT2D eigenvalue weighted by Gasteiger charge is 2.29. The minimum atomic E-state index is -0.297. The summed E-state index contributed by atoms with van der Waals surface area (Å²) in [6, 6.07) is 14.9. The summed E-state index contributed by atoms with van der Waals surface area (Å²) in [4.78, 5) is 17.0. The number of fused-ring (bicyclic) bond motifs is 1. The Labute approximate surface area is 222 Å². The van der Waals surface area contributed by atoms with Crippen molar-refractivity contribution in [2.75, 3.05) is 29.9 Å². The van der Waals surface area contributed by atoms with Gasteiger partial charge in [-0.05, 0) is 98.6 Å². The number of aryl methyl sites for hydroxylation is 1. The maximum Gasteiger partial charge on any atom is 0.338 e. The van der Waals surface area contributed by atoms with Crippen LogP contribution in [0.15, 0.2) is 42.5 Å². The number of hydrogen-bond donors (Lipinski definition) is 1. The zero-order valence-electron chi connectivity index (χ0n) is 22.1. The molecule has 0 saturated heterocycles. The molecule has 36 heavy (non-hydrogen) atoms. The van der Waals surface area contributed by atoms with Crippen LogP contribution in [0.2, 0.25) is 0 Å². The van der Waals surface area contributed by atoms with Crippen LogP contribution in [-0.4, -0.2) is 41.7 Å². The topological polar surface area (TPSA) is 44.8 Å². The lowest BCUT2D eigenvalue weighted by atomic mass is 9.84. The molecule has 4 rings (SSSR count). The second-order valence-corrected chi connectivity index (χ2v) is 10.6. The van der Waals surface area contributed by atoms with Gasteiger partial charge in [0.2, 0.25) is 0 Å². The van der Waals surface area contributed by atoms with Crippen LogP contribution in [0, 0.1) is 5.92 Å². The quantitative estimate of drug-likeness (QED) is 0.313. The molecule has 0 spiro atoms. The standard InChI is InChI=1S/C30H41N3O2S/c1-4-18-32-19-8-10-25-20-23(12-17-28(25)32)21-33(27-11-7-6-9-22(27)3)30(36)31-26-15-13-24(14-16-26)29(34)35-5-2/h12-17,20,22,27H,4-11,18-19,21H2,1-3H3,(H,31,36). The zero-order chi connectivity index (χ0) is 25.5. The average molecular weight is 508 g/mol. The van der Waals surface area contributed by atoms with E-state index in [4.69, 9.17) is 17.0 Å². The molecule has 1 N–H and O–H groups in total. The third-order valence-electron chi connectivity index (χ3n) is 7.58. The number of carbonyl (C=O) groups is 1. The molecule has 1 saturated carbocycles. The summed E-state index contributed by atoms with van der Waals surface area (Å²) in [6.07, 6.45) is 8.51. The predicted octanol–water partition coefficient (Wildman–Crippen LogP) is 6.80. The molecular formula is C30H41N3O2S. The Kier molecular flexibility index (Phi) is 9.24. The van der Waals surface area contributed by atoms with E-state index in [1.54, 1.807) is 12.1 Å². The molecule has 2 atom stereocenters. The minimum absolute atomic E-state index is 0.297. The van der Waals surface area contributed by atoms with Gasteiger partial charge in [0.1, 0.15) is 0 Å². The normalized spacial score (nSPS) is 19.4. The van der Waals surface area contributed by atoms with Gasteiger partial charge in [0, 0.05) is 37.1 Å². The molecule has 0 aromatic heterocycles. The molecule has 5 nitrogen and oxygen atoms in total. The SMILES string of the molecule is CCCN1CCCc2cc(CN(C(=S)Nc3ccc(C(=O)OCC)cc3)C3CCCCC3C)ccc21. The van der Waals surface area contributed by atoms with E-state index in [1.807, 2.05) is 19.1 Å². The number of benzene rings is 2. The largest absolute Gasteiger partial charge is 0.462 e. The van der Waals surface area contributed by atoms with Crippen molar-refractivity contribution in [3.05, 3.63) is 59.2 Å². The number of nitrogens with one attached hydrogen (secondary N) is 1. The maximum atomic E-state index is 12.0. The first-order valence-electron chi connectivity index (χ1n) is 13.7. The maximum absolute atomic E-state index is 12.0. The summed E-state index contributed by atoms with van der Waals surface area (Å²) in [6.45, 7) is 9.90. The van der Waals surface area contributed by atoms with Crippen LogP contribution in [0.5, 0.6) is 0 Å². The van der Waals surface area contributed by atoms with Gasteiger partial charge in [-0.2, -0.15) is 0 Å². The molecule has 6 heteroatoms. The number of ether oxygens (including phenoxy) is 1. The van der Waals surface area contributed by atoms with Gasteiger partial charge in [-0.25, -0.2) is 4.79 Å². The molecule has 1 heterocycles. The van der Waals surface area contributed by atoms with Gasteiger partial charge in [-0.1, -0.05) is 38.8 Å². The van der Waals surface area contributed by atoms with Gasteiger partial charge in [0.25, 0.3) is 0 Å². The van der Waals surface area contributed by atoms with Crippen molar-refractivity contribution in [1.82, 2.24) is 4.90 Å². The summed E-state index contributed by atoms with van der Waals surface area (Å²) < 4.78 is 5.11. The highest BCUT2D eigenvalue weighted by molar-refractivity contribution is 7.80. The first kappa shape index (κ1) is 26.5. The van der Waals surface area contributed by atoms with Crippen molar-refractivity contribution in [2.24, 2.45) is 5.92 Å². The van der Waals surface area contributed by atoms with Crippen molar-refractivity contribution in [1.29, 1.82) is 0 Å². The molecule has 2 aromatic rings. The fraction of sp³-hybridized carbons (Fsp3) is 0.533. The minimum Gasteiger partial charge on any atom is -0.462 e. The fourth-order valence-electron chi connectivity index (χ4n) is 5.72. The number of rotatable bonds is 8. The van der Waals surface area contributed by atoms with Crippen molar-refractivity contribution in [2.45, 2.75) is 78.3 Å². The Bertz CT molecular complexity index is 1040. The number of nitrogens with zero attached hydrogens (tertiary/aromatic N) is 2. The first-order valence-corrected chi connectivity index (χ1v) is 14.1. The van der Waals surface area contributed by atoms with Crippen LogP contribution < -0.4 is 10.2 Å². The van der Waals surface area contributed by atoms with Crippen LogP contribution >= 0.6 is 12.2 Å². The van der Waals surface area contributed by atoms with E-state index in [2.05, 4.69) is 47.2 Å². The van der Waals surface area contributed by atoms with E-state index in [0.29, 0.717) is 24.1 Å². The van der Waals surface area contributed by atoms with E-state index in [9.17, 15) is 4.79 Å². The molecule has 194 valence electrons. The van der Waals surface area contributed by atoms with Gasteiger partial charge in [-0.3, -0.25) is 0 Å². The molecule has 2 unspecified atom stereocenters. The lowest BCUT2D eigenvalue weighted by Crippen LogP contribution is -2.46. The Morgan fingerprint density at radius 2 is 1.89 bits per heavy atom. The van der Waals surface area contributed by atoms with Gasteiger partial charge in [0.05, 0.1) is 12.2 Å². The zero-order valence-corrected chi connectivity index (χ0v) is 22.9. The molecule has 0 amide bonds. The van der Waals surface area contributed by atoms with E-state index in [-0.39, 0.29) is 5.97 Å². The number of anilines is 2. The molecule has 0 radical (unpaired) electrons. The summed E-state index contributed by atoms with van der Waals surface area (Å²) >= 11 is 6.01. The molecular weight excluding hydrogens is 466 g/mol. The van der Waals surface area contributed by atoms with Crippen LogP contribution in [0.4, 0.5) is 11.4 Å². The second-order valence-electron chi connectivity index (χ2n) is 10.2. The fourth-order valence-corrected chi connectivity index (χ4v) is 6.04. The van der Waals surface area contributed by atoms with Crippen LogP contribution in [0.1, 0.15) is 80.8 Å². The summed E-state index contributed by atoms with van der Waals surface area (Å²) in [5, 5.41) is 4.21. The molecule has 1 aliphatic carbocycles. The van der Waals surface area contributed by atoms with Crippen molar-refractivity contribution < 1.29 is 9.53 Å². The summed E-state index contributed by atoms with van der Waals surface area (Å²) in [5.41, 5.74) is 5.65. The number of hydrogen-bond acceptors (Lipinski definition) is 4. The molecule has 1 aliphatic heterocycles. The summed E-state index contributed by atoms with van der Waals surface area (Å²) in [5.74, 6) is 0.302. The van der Waals surface area contributed by atoms with E-state index >= 15 is 0 Å². The molecule has 1 fully saturated rings. The Balaban J connectivity index is 1.53. The van der Waals surface area contributed by atoms with Gasteiger partial charge in [-0.15, -0.1) is 0 Å². The molecule has 2 aromatic carbocycles. The predicted molar refractivity (Wildman–Crippen MR) is 153 cm³/mol. The third-order valence-corrected chi connectivity index (χ3v) is 7.92. The van der Waals surface area contributed by atoms with Crippen LogP contribution in [0.3, 0.4) is 0 Å². The van der Waals surface area contributed by atoms with Crippen molar-refractivity contribution in [3.63, 3.8) is 0 Å². The number of thiocarbonyl (C=S) groups is 1. The van der Waals surface area contributed by atoms with Crippen molar-refractivity contribution >= 4 is 34.7 Å². The van der Waals surface area contributed by atoms with Crippen LogP contribution in [0.25, 0.3) is 0 Å². The van der Waals surface area contributed by atoms with E-state index < -0.39 is 0 Å². The monoisotopic (exact) mass is 507 g/mol. The van der Waals surface area contributed by atoms with E-state index in [0.717, 1.165) is 36.9 Å². The second kappa shape index (κ2) is 12.6. The highest BCUT2D eigenvalue weighted by Crippen LogP contribution is 2.32. The van der Waals surface area contributed by atoms with Gasteiger partial charge in [0.15, 0.2) is 5.11 Å².